The third kappa shape index (κ3) is 5.01. The maximum absolute atomic E-state index is 13.1. The lowest BCUT2D eigenvalue weighted by atomic mass is 9.96. The Hall–Kier alpha value is -1.46. The molecule has 0 unspecified atom stereocenters. The van der Waals surface area contributed by atoms with E-state index in [9.17, 15) is 9.18 Å². The summed E-state index contributed by atoms with van der Waals surface area (Å²) in [7, 11) is 5.60. The average molecular weight is 322 g/mol. The van der Waals surface area contributed by atoms with Crippen molar-refractivity contribution in [2.45, 2.75) is 25.3 Å². The van der Waals surface area contributed by atoms with Gasteiger partial charge in [-0.3, -0.25) is 9.69 Å². The first-order valence-electron chi connectivity index (χ1n) is 8.23. The molecule has 1 atom stereocenters. The van der Waals surface area contributed by atoms with Gasteiger partial charge in [0.1, 0.15) is 11.9 Å². The van der Waals surface area contributed by atoms with Crippen LogP contribution in [0.3, 0.4) is 0 Å². The Morgan fingerprint density at radius 1 is 1.22 bits per heavy atom. The highest BCUT2D eigenvalue weighted by Gasteiger charge is 2.26. The fourth-order valence-corrected chi connectivity index (χ4v) is 3.04. The number of rotatable bonds is 6. The van der Waals surface area contributed by atoms with Gasteiger partial charge >= 0.3 is 0 Å². The molecule has 4 nitrogen and oxygen atoms in total. The van der Waals surface area contributed by atoms with Crippen molar-refractivity contribution in [1.29, 1.82) is 0 Å². The van der Waals surface area contributed by atoms with Crippen LogP contribution in [0.25, 0.3) is 0 Å². The summed E-state index contributed by atoms with van der Waals surface area (Å²) in [4.78, 5) is 16.5. The Kier molecular flexibility index (Phi) is 6.54. The smallest absolute Gasteiger partial charge is 0.244 e. The van der Waals surface area contributed by atoms with Gasteiger partial charge < -0.3 is 9.64 Å². The molecule has 0 aliphatic carbocycles. The van der Waals surface area contributed by atoms with Crippen LogP contribution in [0.5, 0.6) is 0 Å². The minimum atomic E-state index is -0.379. The van der Waals surface area contributed by atoms with Crippen LogP contribution in [0.4, 0.5) is 4.39 Å². The van der Waals surface area contributed by atoms with E-state index in [0.29, 0.717) is 5.92 Å². The van der Waals surface area contributed by atoms with E-state index in [2.05, 4.69) is 0 Å². The Labute approximate surface area is 138 Å². The van der Waals surface area contributed by atoms with E-state index in [1.54, 1.807) is 17.0 Å². The van der Waals surface area contributed by atoms with Crippen molar-refractivity contribution in [2.24, 2.45) is 5.92 Å². The molecule has 0 saturated carbocycles. The van der Waals surface area contributed by atoms with Gasteiger partial charge in [0.05, 0.1) is 0 Å². The molecule has 1 fully saturated rings. The lowest BCUT2D eigenvalue weighted by Crippen LogP contribution is -2.39. The first kappa shape index (κ1) is 17.9. The number of carbonyl (C=O) groups is 1. The molecule has 1 aromatic carbocycles. The fraction of sp³-hybridized carbons (Fsp3) is 0.611. The maximum atomic E-state index is 13.1. The highest BCUT2D eigenvalue weighted by atomic mass is 19.1. The molecule has 0 radical (unpaired) electrons. The van der Waals surface area contributed by atoms with Gasteiger partial charge in [-0.2, -0.15) is 0 Å². The number of benzene rings is 1. The quantitative estimate of drug-likeness (QED) is 0.807. The lowest BCUT2D eigenvalue weighted by Gasteiger charge is -2.30. The Bertz CT molecular complexity index is 498. The van der Waals surface area contributed by atoms with Crippen LogP contribution >= 0.6 is 0 Å². The molecule has 0 spiro atoms. The number of hydrogen-bond donors (Lipinski definition) is 0. The van der Waals surface area contributed by atoms with E-state index in [1.165, 1.54) is 12.1 Å². The number of ether oxygens (including phenoxy) is 1. The highest BCUT2D eigenvalue weighted by Crippen LogP contribution is 2.23. The van der Waals surface area contributed by atoms with Crippen molar-refractivity contribution < 1.29 is 13.9 Å². The number of hydrogen-bond acceptors (Lipinski definition) is 3. The SMILES string of the molecule is CN(CCC1CCOCC1)C(=O)[C@@H](c1ccc(F)cc1)N(C)C. The predicted octanol–water partition coefficient (Wildman–Crippen LogP) is 2.70. The van der Waals surface area contributed by atoms with E-state index in [4.69, 9.17) is 4.74 Å². The molecular formula is C18H27FN2O2. The summed E-state index contributed by atoms with van der Waals surface area (Å²) in [5.41, 5.74) is 0.819. The molecule has 0 aromatic heterocycles. The summed E-state index contributed by atoms with van der Waals surface area (Å²) < 4.78 is 18.5. The normalized spacial score (nSPS) is 17.3. The second-order valence-corrected chi connectivity index (χ2v) is 6.52. The molecule has 5 heteroatoms. The van der Waals surface area contributed by atoms with Crippen LogP contribution in [0.2, 0.25) is 0 Å². The molecule has 1 amide bonds. The van der Waals surface area contributed by atoms with Crippen LogP contribution in [0, 0.1) is 11.7 Å². The van der Waals surface area contributed by atoms with Crippen LogP contribution < -0.4 is 0 Å². The Morgan fingerprint density at radius 2 is 1.83 bits per heavy atom. The first-order valence-corrected chi connectivity index (χ1v) is 8.23. The first-order chi connectivity index (χ1) is 11.0. The Morgan fingerprint density at radius 3 is 2.39 bits per heavy atom. The zero-order chi connectivity index (χ0) is 16.8. The second kappa shape index (κ2) is 8.41. The van der Waals surface area contributed by atoms with E-state index in [1.807, 2.05) is 26.0 Å². The van der Waals surface area contributed by atoms with E-state index in [-0.39, 0.29) is 17.8 Å². The van der Waals surface area contributed by atoms with Crippen LogP contribution in [0.1, 0.15) is 30.9 Å². The minimum absolute atomic E-state index is 0.0497. The molecule has 23 heavy (non-hydrogen) atoms. The molecular weight excluding hydrogens is 295 g/mol. The molecule has 1 heterocycles. The molecule has 128 valence electrons. The van der Waals surface area contributed by atoms with Crippen molar-refractivity contribution in [3.05, 3.63) is 35.6 Å². The second-order valence-electron chi connectivity index (χ2n) is 6.52. The van der Waals surface area contributed by atoms with Gasteiger partial charge in [0.15, 0.2) is 0 Å². The summed E-state index contributed by atoms with van der Waals surface area (Å²) in [6.45, 7) is 2.41. The monoisotopic (exact) mass is 322 g/mol. The van der Waals surface area contributed by atoms with Gasteiger partial charge in [0.25, 0.3) is 0 Å². The maximum Gasteiger partial charge on any atom is 0.244 e. The summed E-state index contributed by atoms with van der Waals surface area (Å²) in [5.74, 6) is 0.405. The van der Waals surface area contributed by atoms with E-state index >= 15 is 0 Å². The van der Waals surface area contributed by atoms with Gasteiger partial charge in [0, 0.05) is 26.8 Å². The zero-order valence-corrected chi connectivity index (χ0v) is 14.3. The van der Waals surface area contributed by atoms with E-state index in [0.717, 1.165) is 44.6 Å². The van der Waals surface area contributed by atoms with Gasteiger partial charge in [-0.25, -0.2) is 4.39 Å². The van der Waals surface area contributed by atoms with Gasteiger partial charge in [-0.15, -0.1) is 0 Å². The third-order valence-corrected chi connectivity index (χ3v) is 4.53. The molecule has 2 rings (SSSR count). The number of carbonyl (C=O) groups excluding carboxylic acids is 1. The largest absolute Gasteiger partial charge is 0.381 e. The number of halogens is 1. The summed E-state index contributed by atoms with van der Waals surface area (Å²) in [5, 5.41) is 0. The predicted molar refractivity (Wildman–Crippen MR) is 88.6 cm³/mol. The van der Waals surface area contributed by atoms with Crippen molar-refractivity contribution in [3.63, 3.8) is 0 Å². The number of nitrogens with zero attached hydrogens (tertiary/aromatic N) is 2. The summed E-state index contributed by atoms with van der Waals surface area (Å²) >= 11 is 0. The van der Waals surface area contributed by atoms with E-state index < -0.39 is 0 Å². The Balaban J connectivity index is 1.97. The van der Waals surface area contributed by atoms with Crippen LogP contribution in [-0.4, -0.2) is 56.6 Å². The molecule has 1 saturated heterocycles. The van der Waals surface area contributed by atoms with Gasteiger partial charge in [-0.05, 0) is 57.0 Å². The van der Waals surface area contributed by atoms with Crippen LogP contribution in [0.15, 0.2) is 24.3 Å². The van der Waals surface area contributed by atoms with Crippen molar-refractivity contribution in [3.8, 4) is 0 Å². The third-order valence-electron chi connectivity index (χ3n) is 4.53. The van der Waals surface area contributed by atoms with Crippen LogP contribution in [-0.2, 0) is 9.53 Å². The zero-order valence-electron chi connectivity index (χ0n) is 14.3. The van der Waals surface area contributed by atoms with Gasteiger partial charge in [-0.1, -0.05) is 12.1 Å². The molecule has 0 N–H and O–H groups in total. The topological polar surface area (TPSA) is 32.8 Å². The summed E-state index contributed by atoms with van der Waals surface area (Å²) in [6, 6.07) is 5.80. The number of amides is 1. The molecule has 1 aliphatic rings. The summed E-state index contributed by atoms with van der Waals surface area (Å²) in [6.07, 6.45) is 3.17. The number of likely N-dealkylation sites (N-methyl/N-ethyl adjacent to an activating group) is 2. The molecule has 0 bridgehead atoms. The van der Waals surface area contributed by atoms with Crippen molar-refractivity contribution in [2.75, 3.05) is 40.9 Å². The van der Waals surface area contributed by atoms with Gasteiger partial charge in [0.2, 0.25) is 5.91 Å². The average Bonchev–Trinajstić information content (AvgIpc) is 2.55. The lowest BCUT2D eigenvalue weighted by molar-refractivity contribution is -0.135. The standard InChI is InChI=1S/C18H27FN2O2/c1-20(2)17(15-4-6-16(19)7-5-15)18(22)21(3)11-8-14-9-12-23-13-10-14/h4-7,14,17H,8-13H2,1-3H3/t17-/m1/s1. The molecule has 1 aromatic rings. The van der Waals surface area contributed by atoms with Crippen molar-refractivity contribution in [1.82, 2.24) is 9.80 Å². The molecule has 1 aliphatic heterocycles. The highest BCUT2D eigenvalue weighted by molar-refractivity contribution is 5.83. The minimum Gasteiger partial charge on any atom is -0.381 e. The van der Waals surface area contributed by atoms with Crippen molar-refractivity contribution >= 4 is 5.91 Å². The fourth-order valence-electron chi connectivity index (χ4n) is 3.04.